The fourth-order valence-electron chi connectivity index (χ4n) is 3.73. The number of aryl methyl sites for hydroxylation is 4. The number of amides is 1. The van der Waals surface area contributed by atoms with E-state index in [9.17, 15) is 4.79 Å². The maximum absolute atomic E-state index is 11.4. The van der Waals surface area contributed by atoms with Crippen molar-refractivity contribution in [2.75, 3.05) is 11.1 Å². The number of thiophene rings is 1. The molecule has 0 bridgehead atoms. The summed E-state index contributed by atoms with van der Waals surface area (Å²) in [5.41, 5.74) is 14.2. The molecule has 2 aromatic carbocycles. The summed E-state index contributed by atoms with van der Waals surface area (Å²) in [4.78, 5) is 21.7. The highest BCUT2D eigenvalue weighted by Gasteiger charge is 2.20. The van der Waals surface area contributed by atoms with Crippen molar-refractivity contribution in [2.45, 2.75) is 27.7 Å². The molecule has 0 saturated heterocycles. The number of fused-ring (bicyclic) bond motifs is 1. The lowest BCUT2D eigenvalue weighted by molar-refractivity contribution is -0.105. The number of rotatable bonds is 4. The van der Waals surface area contributed by atoms with E-state index in [0.717, 1.165) is 43.0 Å². The average molecular weight is 403 g/mol. The van der Waals surface area contributed by atoms with E-state index >= 15 is 0 Å². The third-order valence-corrected chi connectivity index (χ3v) is 5.98. The molecule has 6 heteroatoms. The highest BCUT2D eigenvalue weighted by atomic mass is 32.1. The zero-order valence-electron chi connectivity index (χ0n) is 16.8. The van der Waals surface area contributed by atoms with Gasteiger partial charge in [0.2, 0.25) is 6.41 Å². The second kappa shape index (κ2) is 7.29. The zero-order chi connectivity index (χ0) is 20.7. The minimum absolute atomic E-state index is 0.415. The Morgan fingerprint density at radius 2 is 1.41 bits per heavy atom. The van der Waals surface area contributed by atoms with E-state index in [1.54, 1.807) is 0 Å². The van der Waals surface area contributed by atoms with Crippen molar-refractivity contribution in [3.63, 3.8) is 0 Å². The maximum atomic E-state index is 11.4. The van der Waals surface area contributed by atoms with E-state index in [0.29, 0.717) is 29.3 Å². The third-order valence-electron chi connectivity index (χ3n) is 4.73. The van der Waals surface area contributed by atoms with Crippen LogP contribution in [-0.4, -0.2) is 16.4 Å². The molecule has 0 aliphatic carbocycles. The smallest absolute Gasteiger partial charge is 0.211 e. The van der Waals surface area contributed by atoms with Crippen LogP contribution in [0.15, 0.2) is 36.4 Å². The molecule has 29 heavy (non-hydrogen) atoms. The first-order chi connectivity index (χ1) is 13.9. The Bertz CT molecular complexity index is 1220. The molecule has 5 nitrogen and oxygen atoms in total. The summed E-state index contributed by atoms with van der Waals surface area (Å²) in [6, 6.07) is 12.5. The number of carbonyl (C=O) groups excluding carboxylic acids is 1. The lowest BCUT2D eigenvalue weighted by Gasteiger charge is -2.07. The van der Waals surface area contributed by atoms with Crippen LogP contribution in [0.5, 0.6) is 0 Å². The van der Waals surface area contributed by atoms with Gasteiger partial charge in [-0.2, -0.15) is 0 Å². The second-order valence-electron chi connectivity index (χ2n) is 7.43. The van der Waals surface area contributed by atoms with Crippen LogP contribution < -0.4 is 11.1 Å². The summed E-state index contributed by atoms with van der Waals surface area (Å²) < 4.78 is 0.775. The van der Waals surface area contributed by atoms with Crippen molar-refractivity contribution < 1.29 is 4.79 Å². The van der Waals surface area contributed by atoms with Crippen LogP contribution in [0.25, 0.3) is 32.0 Å². The molecule has 0 unspecified atom stereocenters. The molecule has 0 atom stereocenters. The van der Waals surface area contributed by atoms with Crippen LogP contribution >= 0.6 is 11.3 Å². The number of nitrogens with zero attached hydrogens (tertiary/aromatic N) is 2. The van der Waals surface area contributed by atoms with E-state index < -0.39 is 0 Å². The van der Waals surface area contributed by atoms with Gasteiger partial charge in [-0.1, -0.05) is 46.5 Å². The van der Waals surface area contributed by atoms with Crippen molar-refractivity contribution in [3.05, 3.63) is 58.7 Å². The van der Waals surface area contributed by atoms with Gasteiger partial charge in [0.05, 0.1) is 15.3 Å². The maximum Gasteiger partial charge on any atom is 0.211 e. The van der Waals surface area contributed by atoms with Gasteiger partial charge in [0.15, 0.2) is 5.82 Å². The van der Waals surface area contributed by atoms with Gasteiger partial charge in [-0.3, -0.25) is 4.79 Å². The van der Waals surface area contributed by atoms with Gasteiger partial charge < -0.3 is 11.1 Å². The van der Waals surface area contributed by atoms with Gasteiger partial charge in [-0.05, 0) is 45.4 Å². The van der Waals surface area contributed by atoms with Crippen LogP contribution in [0.2, 0.25) is 0 Å². The third kappa shape index (κ3) is 3.59. The predicted molar refractivity (Wildman–Crippen MR) is 121 cm³/mol. The Morgan fingerprint density at radius 3 is 1.97 bits per heavy atom. The van der Waals surface area contributed by atoms with Gasteiger partial charge in [-0.25, -0.2) is 9.97 Å². The minimum Gasteiger partial charge on any atom is -0.382 e. The standard InChI is InChI=1S/C23H22N4OS/c1-12-5-13(2)8-16(7-12)20-18(25-11-28)19-21(29-20)22(24)27-23(26-19)17-9-14(3)6-15(4)10-17/h5-11H,1-4H3,(H,25,28)(H2,24,26,27). The summed E-state index contributed by atoms with van der Waals surface area (Å²) in [6.07, 6.45) is 0.683. The number of aromatic nitrogens is 2. The Labute approximate surface area is 173 Å². The first-order valence-electron chi connectivity index (χ1n) is 9.33. The summed E-state index contributed by atoms with van der Waals surface area (Å²) in [7, 11) is 0. The van der Waals surface area contributed by atoms with Crippen molar-refractivity contribution in [1.82, 2.24) is 9.97 Å². The first kappa shape index (κ1) is 19.1. The fourth-order valence-corrected chi connectivity index (χ4v) is 4.83. The Balaban J connectivity index is 1.99. The van der Waals surface area contributed by atoms with Gasteiger partial charge in [0, 0.05) is 5.56 Å². The van der Waals surface area contributed by atoms with Gasteiger partial charge in [0.25, 0.3) is 0 Å². The van der Waals surface area contributed by atoms with Crippen LogP contribution in [-0.2, 0) is 4.79 Å². The molecule has 1 amide bonds. The van der Waals surface area contributed by atoms with E-state index in [-0.39, 0.29) is 0 Å². The van der Waals surface area contributed by atoms with E-state index in [2.05, 4.69) is 48.4 Å². The number of carbonyl (C=O) groups is 1. The van der Waals surface area contributed by atoms with Crippen LogP contribution in [0.4, 0.5) is 11.5 Å². The molecule has 0 spiro atoms. The second-order valence-corrected chi connectivity index (χ2v) is 8.45. The van der Waals surface area contributed by atoms with Crippen molar-refractivity contribution >= 4 is 39.5 Å². The molecule has 0 aliphatic heterocycles. The molecule has 0 aliphatic rings. The van der Waals surface area contributed by atoms with Crippen molar-refractivity contribution in [2.24, 2.45) is 0 Å². The van der Waals surface area contributed by atoms with Gasteiger partial charge in [-0.15, -0.1) is 11.3 Å². The normalized spacial score (nSPS) is 11.0. The number of nitrogens with one attached hydrogen (secondary N) is 1. The van der Waals surface area contributed by atoms with E-state index in [1.807, 2.05) is 26.0 Å². The molecule has 0 radical (unpaired) electrons. The topological polar surface area (TPSA) is 80.9 Å². The first-order valence-corrected chi connectivity index (χ1v) is 10.1. The van der Waals surface area contributed by atoms with Crippen molar-refractivity contribution in [3.8, 4) is 21.8 Å². The van der Waals surface area contributed by atoms with E-state index in [1.165, 1.54) is 11.3 Å². The SMILES string of the molecule is Cc1cc(C)cc(-c2nc(N)c3sc(-c4cc(C)cc(C)c4)c(NC=O)c3n2)c1. The molecule has 4 aromatic rings. The molecule has 0 fully saturated rings. The Morgan fingerprint density at radius 1 is 0.862 bits per heavy atom. The van der Waals surface area contributed by atoms with Crippen LogP contribution in [0.1, 0.15) is 22.3 Å². The number of nitrogen functional groups attached to an aromatic ring is 1. The molecule has 0 saturated carbocycles. The molecule has 2 aromatic heterocycles. The quantitative estimate of drug-likeness (QED) is 0.447. The number of benzene rings is 2. The average Bonchev–Trinajstić information content (AvgIpc) is 3.00. The fraction of sp³-hybridized carbons (Fsp3) is 0.174. The Hall–Kier alpha value is -3.25. The summed E-state index contributed by atoms with van der Waals surface area (Å²) in [5, 5.41) is 2.85. The summed E-state index contributed by atoms with van der Waals surface area (Å²) in [5.74, 6) is 0.972. The monoisotopic (exact) mass is 402 g/mol. The van der Waals surface area contributed by atoms with Gasteiger partial charge >= 0.3 is 0 Å². The molecular weight excluding hydrogens is 380 g/mol. The molecule has 4 rings (SSSR count). The molecule has 3 N–H and O–H groups in total. The van der Waals surface area contributed by atoms with E-state index in [4.69, 9.17) is 10.7 Å². The number of hydrogen-bond donors (Lipinski definition) is 2. The number of nitrogens with two attached hydrogens (primary N) is 1. The Kier molecular flexibility index (Phi) is 4.80. The largest absolute Gasteiger partial charge is 0.382 e. The van der Waals surface area contributed by atoms with Crippen LogP contribution in [0.3, 0.4) is 0 Å². The summed E-state index contributed by atoms with van der Waals surface area (Å²) >= 11 is 1.50. The molecule has 2 heterocycles. The van der Waals surface area contributed by atoms with Crippen molar-refractivity contribution in [1.29, 1.82) is 0 Å². The number of anilines is 2. The molecule has 146 valence electrons. The predicted octanol–water partition coefficient (Wildman–Crippen LogP) is 5.41. The van der Waals surface area contributed by atoms with Crippen LogP contribution in [0, 0.1) is 27.7 Å². The lowest BCUT2D eigenvalue weighted by atomic mass is 10.1. The molecular formula is C23H22N4OS. The zero-order valence-corrected chi connectivity index (χ0v) is 17.6. The highest BCUT2D eigenvalue weighted by Crippen LogP contribution is 2.44. The minimum atomic E-state index is 0.415. The summed E-state index contributed by atoms with van der Waals surface area (Å²) in [6.45, 7) is 8.20. The highest BCUT2D eigenvalue weighted by molar-refractivity contribution is 7.23. The van der Waals surface area contributed by atoms with Gasteiger partial charge in [0.1, 0.15) is 11.3 Å². The number of hydrogen-bond acceptors (Lipinski definition) is 5. The lowest BCUT2D eigenvalue weighted by Crippen LogP contribution is -1.99.